The molecule has 0 unspecified atom stereocenters. The van der Waals surface area contributed by atoms with Crippen LogP contribution in [0.2, 0.25) is 0 Å². The zero-order valence-corrected chi connectivity index (χ0v) is 12.0. The average Bonchev–Trinajstić information content (AvgIpc) is 3.24. The Hall–Kier alpha value is -2.01. The minimum absolute atomic E-state index is 0.252. The molecule has 1 aliphatic carbocycles. The van der Waals surface area contributed by atoms with Gasteiger partial charge in [0.1, 0.15) is 0 Å². The van der Waals surface area contributed by atoms with Crippen molar-refractivity contribution in [3.05, 3.63) is 42.5 Å². The molecule has 0 N–H and O–H groups in total. The molecule has 1 aliphatic rings. The molecule has 1 saturated carbocycles. The molecule has 2 aromatic rings. The van der Waals surface area contributed by atoms with Crippen molar-refractivity contribution in [2.45, 2.75) is 26.2 Å². The first-order valence-electron chi connectivity index (χ1n) is 7.38. The van der Waals surface area contributed by atoms with Gasteiger partial charge in [-0.3, -0.25) is 0 Å². The van der Waals surface area contributed by atoms with Crippen LogP contribution in [0.1, 0.15) is 26.2 Å². The van der Waals surface area contributed by atoms with Crippen molar-refractivity contribution < 1.29 is 0 Å². The zero-order valence-electron chi connectivity index (χ0n) is 12.0. The molecule has 2 nitrogen and oxygen atoms in total. The smallest absolute Gasteiger partial charge is 0.0628 e. The van der Waals surface area contributed by atoms with Crippen LogP contribution in [0.25, 0.3) is 10.8 Å². The summed E-state index contributed by atoms with van der Waals surface area (Å²) in [6.07, 6.45) is 3.08. The first kappa shape index (κ1) is 13.0. The van der Waals surface area contributed by atoms with E-state index in [4.69, 9.17) is 5.26 Å². The Bertz CT molecular complexity index is 645. The van der Waals surface area contributed by atoms with E-state index in [9.17, 15) is 0 Å². The number of nitriles is 1. The molecule has 1 fully saturated rings. The van der Waals surface area contributed by atoms with E-state index in [2.05, 4.69) is 60.4 Å². The summed E-state index contributed by atoms with van der Waals surface area (Å²) in [5.74, 6) is 0. The fourth-order valence-electron chi connectivity index (χ4n) is 2.99. The van der Waals surface area contributed by atoms with E-state index in [1.165, 1.54) is 29.3 Å². The molecular weight excluding hydrogens is 244 g/mol. The van der Waals surface area contributed by atoms with Crippen LogP contribution in [0.5, 0.6) is 0 Å². The maximum Gasteiger partial charge on any atom is 0.0628 e. The molecule has 3 rings (SSSR count). The molecule has 0 aromatic heterocycles. The van der Waals surface area contributed by atoms with Crippen LogP contribution in [0, 0.1) is 16.7 Å². The van der Waals surface area contributed by atoms with Gasteiger partial charge >= 0.3 is 0 Å². The number of nitrogens with zero attached hydrogens (tertiary/aromatic N) is 2. The third-order valence-corrected chi connectivity index (χ3v) is 4.43. The van der Waals surface area contributed by atoms with Crippen LogP contribution in [0.4, 0.5) is 5.69 Å². The van der Waals surface area contributed by atoms with Gasteiger partial charge in [0, 0.05) is 36.0 Å². The van der Waals surface area contributed by atoms with Crippen molar-refractivity contribution in [3.63, 3.8) is 0 Å². The molecule has 0 atom stereocenters. The van der Waals surface area contributed by atoms with Gasteiger partial charge in [0.25, 0.3) is 0 Å². The first-order valence-corrected chi connectivity index (χ1v) is 7.38. The third-order valence-electron chi connectivity index (χ3n) is 4.43. The fraction of sp³-hybridized carbons (Fsp3) is 0.389. The van der Waals surface area contributed by atoms with Gasteiger partial charge in [-0.25, -0.2) is 0 Å². The van der Waals surface area contributed by atoms with Gasteiger partial charge in [0.2, 0.25) is 0 Å². The number of rotatable bonds is 5. The predicted molar refractivity (Wildman–Crippen MR) is 83.7 cm³/mol. The van der Waals surface area contributed by atoms with Crippen LogP contribution in [-0.2, 0) is 0 Å². The molecule has 2 aromatic carbocycles. The van der Waals surface area contributed by atoms with Gasteiger partial charge in [-0.05, 0) is 31.2 Å². The second kappa shape index (κ2) is 5.17. The lowest BCUT2D eigenvalue weighted by Crippen LogP contribution is -2.30. The number of hydrogen-bond donors (Lipinski definition) is 0. The van der Waals surface area contributed by atoms with Gasteiger partial charge in [0.05, 0.1) is 6.07 Å². The van der Waals surface area contributed by atoms with Crippen LogP contribution in [0.3, 0.4) is 0 Å². The molecule has 0 radical (unpaired) electrons. The SMILES string of the molecule is CCN(CC1(CC#N)CC1)c1cccc2ccccc12. The van der Waals surface area contributed by atoms with Crippen molar-refractivity contribution in [1.82, 2.24) is 0 Å². The molecule has 0 heterocycles. The summed E-state index contributed by atoms with van der Waals surface area (Å²) in [6.45, 7) is 4.19. The van der Waals surface area contributed by atoms with E-state index < -0.39 is 0 Å². The van der Waals surface area contributed by atoms with Crippen molar-refractivity contribution in [2.24, 2.45) is 5.41 Å². The molecular formula is C18H20N2. The minimum Gasteiger partial charge on any atom is -0.371 e. The quantitative estimate of drug-likeness (QED) is 0.802. The maximum atomic E-state index is 9.00. The molecule has 20 heavy (non-hydrogen) atoms. The summed E-state index contributed by atoms with van der Waals surface area (Å²) in [7, 11) is 0. The van der Waals surface area contributed by atoms with E-state index in [0.29, 0.717) is 6.42 Å². The predicted octanol–water partition coefficient (Wildman–Crippen LogP) is 4.36. The molecule has 2 heteroatoms. The highest BCUT2D eigenvalue weighted by Crippen LogP contribution is 2.49. The maximum absolute atomic E-state index is 9.00. The lowest BCUT2D eigenvalue weighted by molar-refractivity contribution is 0.513. The number of fused-ring (bicyclic) bond motifs is 1. The molecule has 102 valence electrons. The highest BCUT2D eigenvalue weighted by molar-refractivity contribution is 5.94. The number of hydrogen-bond acceptors (Lipinski definition) is 2. The van der Waals surface area contributed by atoms with Crippen LogP contribution in [-0.4, -0.2) is 13.1 Å². The van der Waals surface area contributed by atoms with Crippen LogP contribution >= 0.6 is 0 Å². The Balaban J connectivity index is 1.94. The summed E-state index contributed by atoms with van der Waals surface area (Å²) < 4.78 is 0. The van der Waals surface area contributed by atoms with Gasteiger partial charge in [-0.15, -0.1) is 0 Å². The summed E-state index contributed by atoms with van der Waals surface area (Å²) in [4.78, 5) is 2.44. The number of benzene rings is 2. The minimum atomic E-state index is 0.252. The summed E-state index contributed by atoms with van der Waals surface area (Å²) in [5.41, 5.74) is 1.55. The van der Waals surface area contributed by atoms with Crippen molar-refractivity contribution >= 4 is 16.5 Å². The molecule has 0 saturated heterocycles. The van der Waals surface area contributed by atoms with Crippen molar-refractivity contribution in [2.75, 3.05) is 18.0 Å². The van der Waals surface area contributed by atoms with Crippen LogP contribution < -0.4 is 4.90 Å². The van der Waals surface area contributed by atoms with Gasteiger partial charge in [0.15, 0.2) is 0 Å². The highest BCUT2D eigenvalue weighted by atomic mass is 15.1. The highest BCUT2D eigenvalue weighted by Gasteiger charge is 2.43. The van der Waals surface area contributed by atoms with E-state index >= 15 is 0 Å². The number of anilines is 1. The Labute approximate surface area is 120 Å². The fourth-order valence-corrected chi connectivity index (χ4v) is 2.99. The zero-order chi connectivity index (χ0) is 14.0. The standard InChI is InChI=1S/C18H20N2/c1-2-20(14-18(10-11-18)12-13-19)17-9-5-7-15-6-3-4-8-16(15)17/h3-9H,2,10-12,14H2,1H3. The van der Waals surface area contributed by atoms with E-state index in [1.54, 1.807) is 0 Å². The molecule has 0 bridgehead atoms. The van der Waals surface area contributed by atoms with Crippen molar-refractivity contribution in [1.29, 1.82) is 5.26 Å². The summed E-state index contributed by atoms with van der Waals surface area (Å²) in [5, 5.41) is 11.6. The molecule has 0 spiro atoms. The topological polar surface area (TPSA) is 27.0 Å². The Kier molecular flexibility index (Phi) is 3.36. The molecule has 0 aliphatic heterocycles. The van der Waals surface area contributed by atoms with E-state index in [0.717, 1.165) is 13.1 Å². The third kappa shape index (κ3) is 2.36. The van der Waals surface area contributed by atoms with Crippen molar-refractivity contribution in [3.8, 4) is 6.07 Å². The van der Waals surface area contributed by atoms with Gasteiger partial charge in [-0.2, -0.15) is 5.26 Å². The van der Waals surface area contributed by atoms with E-state index in [-0.39, 0.29) is 5.41 Å². The Morgan fingerprint density at radius 2 is 1.90 bits per heavy atom. The lowest BCUT2D eigenvalue weighted by Gasteiger charge is -2.28. The normalized spacial score (nSPS) is 15.8. The van der Waals surface area contributed by atoms with Crippen LogP contribution in [0.15, 0.2) is 42.5 Å². The van der Waals surface area contributed by atoms with E-state index in [1.807, 2.05) is 0 Å². The second-order valence-corrected chi connectivity index (χ2v) is 5.85. The summed E-state index contributed by atoms with van der Waals surface area (Å²) in [6, 6.07) is 17.4. The lowest BCUT2D eigenvalue weighted by atomic mass is 10.0. The average molecular weight is 264 g/mol. The summed E-state index contributed by atoms with van der Waals surface area (Å²) >= 11 is 0. The Morgan fingerprint density at radius 3 is 2.60 bits per heavy atom. The monoisotopic (exact) mass is 264 g/mol. The largest absolute Gasteiger partial charge is 0.371 e. The first-order chi connectivity index (χ1) is 9.78. The molecule has 0 amide bonds. The Morgan fingerprint density at radius 1 is 1.15 bits per heavy atom. The van der Waals surface area contributed by atoms with Gasteiger partial charge < -0.3 is 4.90 Å². The van der Waals surface area contributed by atoms with Gasteiger partial charge in [-0.1, -0.05) is 36.4 Å². The second-order valence-electron chi connectivity index (χ2n) is 5.85.